The van der Waals surface area contributed by atoms with Gasteiger partial charge in [-0.3, -0.25) is 0 Å². The van der Waals surface area contributed by atoms with Gasteiger partial charge in [0.05, 0.1) is 11.5 Å². The van der Waals surface area contributed by atoms with E-state index in [1.165, 1.54) is 23.4 Å². The van der Waals surface area contributed by atoms with Crippen molar-refractivity contribution in [3.8, 4) is 0 Å². The van der Waals surface area contributed by atoms with Crippen LogP contribution in [0.5, 0.6) is 0 Å². The van der Waals surface area contributed by atoms with Gasteiger partial charge in [-0.25, -0.2) is 12.8 Å². The van der Waals surface area contributed by atoms with Gasteiger partial charge in [0, 0.05) is 31.6 Å². The molecular weight excluding hydrogens is 317 g/mol. The Morgan fingerprint density at radius 2 is 2.19 bits per heavy atom. The third-order valence-corrected chi connectivity index (χ3v) is 6.08. The predicted octanol–water partition coefficient (Wildman–Crippen LogP) is 2.53. The number of halogens is 2. The highest BCUT2D eigenvalue weighted by atomic mass is 35.5. The Kier molecular flexibility index (Phi) is 5.24. The maximum absolute atomic E-state index is 13.9. The van der Waals surface area contributed by atoms with Gasteiger partial charge >= 0.3 is 0 Å². The van der Waals surface area contributed by atoms with Crippen LogP contribution in [0.4, 0.5) is 4.39 Å². The molecule has 1 heterocycles. The van der Waals surface area contributed by atoms with E-state index in [2.05, 4.69) is 0 Å². The number of sulfonamides is 1. The Morgan fingerprint density at radius 1 is 1.48 bits per heavy atom. The molecule has 2 rings (SSSR count). The number of benzene rings is 1. The zero-order chi connectivity index (χ0) is 15.6. The van der Waals surface area contributed by atoms with Gasteiger partial charge in [0.25, 0.3) is 0 Å². The van der Waals surface area contributed by atoms with Crippen LogP contribution in [-0.4, -0.2) is 39.5 Å². The molecule has 0 aromatic heterocycles. The van der Waals surface area contributed by atoms with E-state index in [0.29, 0.717) is 25.3 Å². The van der Waals surface area contributed by atoms with Crippen LogP contribution in [0.3, 0.4) is 0 Å². The van der Waals surface area contributed by atoms with Gasteiger partial charge in [0.2, 0.25) is 10.0 Å². The van der Waals surface area contributed by atoms with E-state index in [4.69, 9.17) is 16.3 Å². The molecule has 1 aliphatic heterocycles. The molecule has 0 bridgehead atoms. The molecule has 1 atom stereocenters. The summed E-state index contributed by atoms with van der Waals surface area (Å²) in [6.45, 7) is 2.84. The molecular formula is C14H19ClFNO3S. The predicted molar refractivity (Wildman–Crippen MR) is 79.4 cm³/mol. The second-order valence-corrected chi connectivity index (χ2v) is 7.48. The maximum atomic E-state index is 13.9. The van der Waals surface area contributed by atoms with E-state index in [1.54, 1.807) is 7.11 Å². The summed E-state index contributed by atoms with van der Waals surface area (Å²) in [4.78, 5) is 0.0104. The molecule has 1 saturated heterocycles. The highest BCUT2D eigenvalue weighted by Crippen LogP contribution is 2.28. The second kappa shape index (κ2) is 6.60. The van der Waals surface area contributed by atoms with Crippen LogP contribution < -0.4 is 0 Å². The summed E-state index contributed by atoms with van der Waals surface area (Å²) in [6.07, 6.45) is 0.754. The Labute approximate surface area is 129 Å². The Morgan fingerprint density at radius 3 is 2.81 bits per heavy atom. The number of alkyl halides is 1. The number of hydrogen-bond donors (Lipinski definition) is 0. The summed E-state index contributed by atoms with van der Waals surface area (Å²) >= 11 is 5.71. The van der Waals surface area contributed by atoms with Crippen molar-refractivity contribution in [1.82, 2.24) is 4.31 Å². The monoisotopic (exact) mass is 335 g/mol. The molecule has 0 spiro atoms. The first-order chi connectivity index (χ1) is 9.90. The summed E-state index contributed by atoms with van der Waals surface area (Å²) in [6, 6.07) is 2.74. The minimum atomic E-state index is -3.70. The SMILES string of the molecule is COCC1CCN(S(=O)(=O)c2cc(CCl)cc(F)c2C)C1. The third kappa shape index (κ3) is 3.39. The molecule has 4 nitrogen and oxygen atoms in total. The van der Waals surface area contributed by atoms with Crippen molar-refractivity contribution >= 4 is 21.6 Å². The van der Waals surface area contributed by atoms with Crippen molar-refractivity contribution < 1.29 is 17.5 Å². The number of hydrogen-bond acceptors (Lipinski definition) is 3. The van der Waals surface area contributed by atoms with Crippen LogP contribution in [0.2, 0.25) is 0 Å². The van der Waals surface area contributed by atoms with Crippen molar-refractivity contribution in [3.05, 3.63) is 29.1 Å². The smallest absolute Gasteiger partial charge is 0.243 e. The molecule has 0 N–H and O–H groups in total. The van der Waals surface area contributed by atoms with E-state index in [9.17, 15) is 12.8 Å². The van der Waals surface area contributed by atoms with E-state index >= 15 is 0 Å². The fourth-order valence-corrected chi connectivity index (χ4v) is 4.55. The topological polar surface area (TPSA) is 46.6 Å². The zero-order valence-electron chi connectivity index (χ0n) is 12.1. The Bertz CT molecular complexity index is 621. The van der Waals surface area contributed by atoms with Gasteiger partial charge in [-0.15, -0.1) is 11.6 Å². The molecule has 1 unspecified atom stereocenters. The number of ether oxygens (including phenoxy) is 1. The summed E-state index contributed by atoms with van der Waals surface area (Å²) in [5.41, 5.74) is 0.602. The molecule has 21 heavy (non-hydrogen) atoms. The number of methoxy groups -OCH3 is 1. The fourth-order valence-electron chi connectivity index (χ4n) is 2.58. The standard InChI is InChI=1S/C14H19ClFNO3S/c1-10-13(16)5-12(7-15)6-14(10)21(18,19)17-4-3-11(8-17)9-20-2/h5-6,11H,3-4,7-9H2,1-2H3. The summed E-state index contributed by atoms with van der Waals surface area (Å²) in [7, 11) is -2.10. The summed E-state index contributed by atoms with van der Waals surface area (Å²) in [5, 5.41) is 0. The van der Waals surface area contributed by atoms with Crippen LogP contribution >= 0.6 is 11.6 Å². The van der Waals surface area contributed by atoms with Crippen LogP contribution in [0.25, 0.3) is 0 Å². The minimum absolute atomic E-state index is 0.0104. The largest absolute Gasteiger partial charge is 0.384 e. The van der Waals surface area contributed by atoms with Crippen LogP contribution in [-0.2, 0) is 20.6 Å². The van der Waals surface area contributed by atoms with Gasteiger partial charge in [-0.05, 0) is 37.0 Å². The quantitative estimate of drug-likeness (QED) is 0.777. The van der Waals surface area contributed by atoms with Crippen molar-refractivity contribution in [2.45, 2.75) is 24.1 Å². The lowest BCUT2D eigenvalue weighted by Gasteiger charge is -2.19. The Hall–Kier alpha value is -0.690. The molecule has 118 valence electrons. The molecule has 1 aliphatic rings. The van der Waals surface area contributed by atoms with Crippen molar-refractivity contribution in [2.24, 2.45) is 5.92 Å². The lowest BCUT2D eigenvalue weighted by Crippen LogP contribution is -2.30. The highest BCUT2D eigenvalue weighted by Gasteiger charge is 2.34. The van der Waals surface area contributed by atoms with E-state index in [-0.39, 0.29) is 22.3 Å². The van der Waals surface area contributed by atoms with Crippen molar-refractivity contribution in [3.63, 3.8) is 0 Å². The van der Waals surface area contributed by atoms with Gasteiger partial charge < -0.3 is 4.74 Å². The molecule has 1 aromatic carbocycles. The first kappa shape index (κ1) is 16.7. The zero-order valence-corrected chi connectivity index (χ0v) is 13.7. The molecule has 0 aliphatic carbocycles. The lowest BCUT2D eigenvalue weighted by atomic mass is 10.1. The Balaban J connectivity index is 2.34. The molecule has 7 heteroatoms. The first-order valence-corrected chi connectivity index (χ1v) is 8.71. The molecule has 1 aromatic rings. The summed E-state index contributed by atoms with van der Waals surface area (Å²) in [5.74, 6) is -0.281. The molecule has 0 radical (unpaired) electrons. The number of rotatable bonds is 5. The molecule has 0 amide bonds. The lowest BCUT2D eigenvalue weighted by molar-refractivity contribution is 0.157. The van der Waals surface area contributed by atoms with Crippen LogP contribution in [0.15, 0.2) is 17.0 Å². The minimum Gasteiger partial charge on any atom is -0.384 e. The third-order valence-electron chi connectivity index (χ3n) is 3.78. The van der Waals surface area contributed by atoms with Crippen molar-refractivity contribution in [2.75, 3.05) is 26.8 Å². The molecule has 0 saturated carbocycles. The van der Waals surface area contributed by atoms with Crippen LogP contribution in [0.1, 0.15) is 17.5 Å². The maximum Gasteiger partial charge on any atom is 0.243 e. The number of nitrogens with zero attached hydrogens (tertiary/aromatic N) is 1. The normalized spacial score (nSPS) is 20.1. The first-order valence-electron chi connectivity index (χ1n) is 6.74. The van der Waals surface area contributed by atoms with Crippen molar-refractivity contribution in [1.29, 1.82) is 0 Å². The van der Waals surface area contributed by atoms with E-state index in [0.717, 1.165) is 6.42 Å². The van der Waals surface area contributed by atoms with Gasteiger partial charge in [0.15, 0.2) is 0 Å². The summed E-state index contributed by atoms with van der Waals surface area (Å²) < 4.78 is 45.8. The van der Waals surface area contributed by atoms with Gasteiger partial charge in [-0.2, -0.15) is 4.31 Å². The van der Waals surface area contributed by atoms with Gasteiger partial charge in [0.1, 0.15) is 5.82 Å². The fraction of sp³-hybridized carbons (Fsp3) is 0.571. The average molecular weight is 336 g/mol. The van der Waals surface area contributed by atoms with E-state index < -0.39 is 15.8 Å². The van der Waals surface area contributed by atoms with Gasteiger partial charge in [-0.1, -0.05) is 0 Å². The molecule has 1 fully saturated rings. The van der Waals surface area contributed by atoms with Crippen LogP contribution in [0, 0.1) is 18.7 Å². The second-order valence-electron chi connectivity index (χ2n) is 5.31. The van der Waals surface area contributed by atoms with E-state index in [1.807, 2.05) is 0 Å². The highest BCUT2D eigenvalue weighted by molar-refractivity contribution is 7.89. The average Bonchev–Trinajstić information content (AvgIpc) is 2.91.